The average molecular weight is 258 g/mol. The van der Waals surface area contributed by atoms with E-state index in [0.717, 1.165) is 42.6 Å². The van der Waals surface area contributed by atoms with E-state index in [2.05, 4.69) is 5.10 Å². The van der Waals surface area contributed by atoms with Gasteiger partial charge in [-0.15, -0.1) is 0 Å². The van der Waals surface area contributed by atoms with Crippen LogP contribution in [0.25, 0.3) is 5.69 Å². The number of nitro groups is 1. The lowest BCUT2D eigenvalue weighted by Gasteiger charge is -2.08. The number of anilines is 1. The Hall–Kier alpha value is -2.37. The second kappa shape index (κ2) is 4.38. The highest BCUT2D eigenvalue weighted by atomic mass is 16.6. The molecule has 6 nitrogen and oxygen atoms in total. The van der Waals surface area contributed by atoms with Gasteiger partial charge in [0, 0.05) is 17.7 Å². The Morgan fingerprint density at radius 1 is 1.21 bits per heavy atom. The van der Waals surface area contributed by atoms with Crippen molar-refractivity contribution in [2.24, 2.45) is 0 Å². The third-order valence-corrected chi connectivity index (χ3v) is 3.50. The number of hydrogen-bond acceptors (Lipinski definition) is 4. The van der Waals surface area contributed by atoms with Crippen LogP contribution in [0.4, 0.5) is 11.5 Å². The van der Waals surface area contributed by atoms with Crippen molar-refractivity contribution in [1.29, 1.82) is 0 Å². The number of aryl methyl sites for hydroxylation is 1. The van der Waals surface area contributed by atoms with Crippen LogP contribution in [0.15, 0.2) is 24.3 Å². The Kier molecular flexibility index (Phi) is 2.70. The number of benzene rings is 1. The summed E-state index contributed by atoms with van der Waals surface area (Å²) < 4.78 is 1.68. The Balaban J connectivity index is 2.02. The van der Waals surface area contributed by atoms with Crippen molar-refractivity contribution in [2.45, 2.75) is 25.7 Å². The van der Waals surface area contributed by atoms with E-state index in [4.69, 9.17) is 5.73 Å². The van der Waals surface area contributed by atoms with Gasteiger partial charge in [0.2, 0.25) is 0 Å². The van der Waals surface area contributed by atoms with Crippen molar-refractivity contribution in [1.82, 2.24) is 9.78 Å². The smallest absolute Gasteiger partial charge is 0.269 e. The van der Waals surface area contributed by atoms with Crippen molar-refractivity contribution >= 4 is 11.5 Å². The minimum absolute atomic E-state index is 0.0687. The number of nitrogens with zero attached hydrogens (tertiary/aromatic N) is 3. The molecule has 0 saturated heterocycles. The fourth-order valence-electron chi connectivity index (χ4n) is 2.49. The number of nitro benzene ring substituents is 1. The van der Waals surface area contributed by atoms with E-state index in [1.165, 1.54) is 12.1 Å². The Bertz CT molecular complexity index is 631. The highest BCUT2D eigenvalue weighted by Crippen LogP contribution is 2.28. The van der Waals surface area contributed by atoms with Gasteiger partial charge in [0.15, 0.2) is 0 Å². The number of rotatable bonds is 2. The molecule has 0 radical (unpaired) electrons. The summed E-state index contributed by atoms with van der Waals surface area (Å²) >= 11 is 0. The summed E-state index contributed by atoms with van der Waals surface area (Å²) in [5.74, 6) is 0.656. The highest BCUT2D eigenvalue weighted by Gasteiger charge is 2.19. The Morgan fingerprint density at radius 2 is 1.89 bits per heavy atom. The van der Waals surface area contributed by atoms with Gasteiger partial charge in [-0.25, -0.2) is 4.68 Å². The van der Waals surface area contributed by atoms with Gasteiger partial charge >= 0.3 is 0 Å². The molecule has 0 bridgehead atoms. The van der Waals surface area contributed by atoms with E-state index in [1.807, 2.05) is 0 Å². The summed E-state index contributed by atoms with van der Waals surface area (Å²) in [6.45, 7) is 0. The molecule has 0 aliphatic heterocycles. The Morgan fingerprint density at radius 3 is 2.53 bits per heavy atom. The molecule has 98 valence electrons. The van der Waals surface area contributed by atoms with Crippen LogP contribution >= 0.6 is 0 Å². The van der Waals surface area contributed by atoms with Crippen LogP contribution in [0.2, 0.25) is 0 Å². The average Bonchev–Trinajstić information content (AvgIpc) is 2.77. The molecule has 1 aromatic carbocycles. The zero-order chi connectivity index (χ0) is 13.4. The van der Waals surface area contributed by atoms with Gasteiger partial charge in [-0.1, -0.05) is 0 Å². The van der Waals surface area contributed by atoms with Gasteiger partial charge in [-0.2, -0.15) is 5.10 Å². The minimum atomic E-state index is -0.415. The minimum Gasteiger partial charge on any atom is -0.383 e. The lowest BCUT2D eigenvalue weighted by molar-refractivity contribution is -0.384. The fraction of sp³-hybridized carbons (Fsp3) is 0.308. The lowest BCUT2D eigenvalue weighted by Crippen LogP contribution is -2.03. The van der Waals surface area contributed by atoms with E-state index in [-0.39, 0.29) is 5.69 Å². The van der Waals surface area contributed by atoms with Crippen molar-refractivity contribution < 1.29 is 4.92 Å². The standard InChI is InChI=1S/C13H14N4O2/c14-13-11-3-1-2-4-12(11)15-16(13)9-5-7-10(8-6-9)17(18)19/h5-8H,1-4,14H2. The molecular formula is C13H14N4O2. The molecule has 0 saturated carbocycles. The first-order chi connectivity index (χ1) is 9.16. The van der Waals surface area contributed by atoms with E-state index in [1.54, 1.807) is 16.8 Å². The van der Waals surface area contributed by atoms with E-state index >= 15 is 0 Å². The number of nitrogens with two attached hydrogens (primary N) is 1. The number of aromatic nitrogens is 2. The molecule has 0 spiro atoms. The molecule has 1 aromatic heterocycles. The maximum Gasteiger partial charge on any atom is 0.269 e. The predicted molar refractivity (Wildman–Crippen MR) is 71.3 cm³/mol. The Labute approximate surface area is 110 Å². The van der Waals surface area contributed by atoms with Crippen LogP contribution in [-0.4, -0.2) is 14.7 Å². The lowest BCUT2D eigenvalue weighted by atomic mass is 9.98. The molecule has 1 heterocycles. The normalized spacial score (nSPS) is 14.1. The summed E-state index contributed by atoms with van der Waals surface area (Å²) in [7, 11) is 0. The molecule has 19 heavy (non-hydrogen) atoms. The zero-order valence-corrected chi connectivity index (χ0v) is 10.4. The predicted octanol–water partition coefficient (Wildman–Crippen LogP) is 2.24. The van der Waals surface area contributed by atoms with Crippen LogP contribution in [0.1, 0.15) is 24.1 Å². The van der Waals surface area contributed by atoms with Crippen molar-refractivity contribution in [3.05, 3.63) is 45.6 Å². The van der Waals surface area contributed by atoms with E-state index < -0.39 is 4.92 Å². The maximum atomic E-state index is 10.6. The topological polar surface area (TPSA) is 87.0 Å². The summed E-state index contributed by atoms with van der Waals surface area (Å²) in [6, 6.07) is 6.28. The fourth-order valence-corrected chi connectivity index (χ4v) is 2.49. The van der Waals surface area contributed by atoms with Gasteiger partial charge in [-0.05, 0) is 37.8 Å². The molecule has 0 amide bonds. The first kappa shape index (κ1) is 11.7. The van der Waals surface area contributed by atoms with Crippen LogP contribution in [0, 0.1) is 10.1 Å². The van der Waals surface area contributed by atoms with Gasteiger partial charge in [-0.3, -0.25) is 10.1 Å². The third-order valence-electron chi connectivity index (χ3n) is 3.50. The molecule has 0 fully saturated rings. The molecule has 1 aliphatic carbocycles. The maximum absolute atomic E-state index is 10.6. The third kappa shape index (κ3) is 1.95. The quantitative estimate of drug-likeness (QED) is 0.661. The molecular weight excluding hydrogens is 244 g/mol. The number of hydrogen-bond donors (Lipinski definition) is 1. The van der Waals surface area contributed by atoms with Crippen LogP contribution in [0.5, 0.6) is 0 Å². The van der Waals surface area contributed by atoms with Crippen molar-refractivity contribution in [2.75, 3.05) is 5.73 Å². The molecule has 3 rings (SSSR count). The first-order valence-corrected chi connectivity index (χ1v) is 6.28. The number of fused-ring (bicyclic) bond motifs is 1. The van der Waals surface area contributed by atoms with E-state index in [9.17, 15) is 10.1 Å². The molecule has 2 N–H and O–H groups in total. The van der Waals surface area contributed by atoms with Crippen molar-refractivity contribution in [3.63, 3.8) is 0 Å². The van der Waals surface area contributed by atoms with Gasteiger partial charge in [0.05, 0.1) is 16.3 Å². The monoisotopic (exact) mass is 258 g/mol. The molecule has 0 unspecified atom stereocenters. The highest BCUT2D eigenvalue weighted by molar-refractivity contribution is 5.52. The van der Waals surface area contributed by atoms with Crippen LogP contribution in [0.3, 0.4) is 0 Å². The zero-order valence-electron chi connectivity index (χ0n) is 10.4. The van der Waals surface area contributed by atoms with Gasteiger partial charge in [0.25, 0.3) is 5.69 Å². The molecule has 0 atom stereocenters. The molecule has 1 aliphatic rings. The van der Waals surface area contributed by atoms with E-state index in [0.29, 0.717) is 5.82 Å². The SMILES string of the molecule is Nc1c2c(nn1-c1ccc([N+](=O)[O-])cc1)CCCC2. The first-order valence-electron chi connectivity index (χ1n) is 6.28. The largest absolute Gasteiger partial charge is 0.383 e. The summed E-state index contributed by atoms with van der Waals surface area (Å²) in [4.78, 5) is 10.2. The summed E-state index contributed by atoms with van der Waals surface area (Å²) in [6.07, 6.45) is 4.21. The van der Waals surface area contributed by atoms with Crippen molar-refractivity contribution in [3.8, 4) is 5.69 Å². The number of nitrogen functional groups attached to an aromatic ring is 1. The second-order valence-corrected chi connectivity index (χ2v) is 4.70. The second-order valence-electron chi connectivity index (χ2n) is 4.70. The molecule has 6 heteroatoms. The van der Waals surface area contributed by atoms with Crippen LogP contribution < -0.4 is 5.73 Å². The van der Waals surface area contributed by atoms with Gasteiger partial charge < -0.3 is 5.73 Å². The molecule has 2 aromatic rings. The van der Waals surface area contributed by atoms with Gasteiger partial charge in [0.1, 0.15) is 5.82 Å². The summed E-state index contributed by atoms with van der Waals surface area (Å²) in [5.41, 5.74) is 9.14. The van der Waals surface area contributed by atoms with Crippen LogP contribution in [-0.2, 0) is 12.8 Å². The summed E-state index contributed by atoms with van der Waals surface area (Å²) in [5, 5.41) is 15.2. The number of non-ortho nitro benzene ring substituents is 1.